The van der Waals surface area contributed by atoms with Gasteiger partial charge in [-0.05, 0) is 59.9 Å². The number of carbonyl (C=O) groups excluding carboxylic acids is 4. The van der Waals surface area contributed by atoms with Gasteiger partial charge < -0.3 is 30.1 Å². The predicted molar refractivity (Wildman–Crippen MR) is 140 cm³/mol. The van der Waals surface area contributed by atoms with Crippen LogP contribution in [0.4, 0.5) is 4.79 Å². The molecule has 0 heterocycles. The van der Waals surface area contributed by atoms with Gasteiger partial charge in [-0.3, -0.25) is 14.4 Å². The first-order valence-corrected chi connectivity index (χ1v) is 12.6. The second-order valence-electron chi connectivity index (χ2n) is 10.5. The second-order valence-corrected chi connectivity index (χ2v) is 10.5. The van der Waals surface area contributed by atoms with Crippen LogP contribution in [-0.2, 0) is 23.9 Å². The minimum Gasteiger partial charge on any atom is -0.507 e. The van der Waals surface area contributed by atoms with E-state index in [0.717, 1.165) is 0 Å². The fraction of sp³-hybridized carbons (Fsp3) is 0.630. The molecule has 2 atom stereocenters. The van der Waals surface area contributed by atoms with Crippen LogP contribution < -0.4 is 10.6 Å². The summed E-state index contributed by atoms with van der Waals surface area (Å²) in [6.45, 7) is 15.8. The Morgan fingerprint density at radius 1 is 1.08 bits per heavy atom. The Labute approximate surface area is 220 Å². The highest BCUT2D eigenvalue weighted by molar-refractivity contribution is 5.93. The van der Waals surface area contributed by atoms with Gasteiger partial charge in [0.2, 0.25) is 11.8 Å². The number of hydrogen-bond acceptors (Lipinski definition) is 7. The number of nitrogens with zero attached hydrogens (tertiary/aromatic N) is 1. The van der Waals surface area contributed by atoms with Gasteiger partial charge in [-0.1, -0.05) is 32.0 Å². The van der Waals surface area contributed by atoms with Crippen molar-refractivity contribution in [1.29, 1.82) is 0 Å². The van der Waals surface area contributed by atoms with Gasteiger partial charge in [-0.2, -0.15) is 0 Å². The van der Waals surface area contributed by atoms with Crippen molar-refractivity contribution in [2.24, 2.45) is 5.92 Å². The summed E-state index contributed by atoms with van der Waals surface area (Å²) >= 11 is 0. The summed E-state index contributed by atoms with van der Waals surface area (Å²) < 4.78 is 10.3. The van der Waals surface area contributed by atoms with E-state index in [4.69, 9.17) is 9.47 Å². The van der Waals surface area contributed by atoms with Gasteiger partial charge >= 0.3 is 12.1 Å². The summed E-state index contributed by atoms with van der Waals surface area (Å²) in [5.74, 6) is -2.00. The number of phenolic OH excluding ortho intramolecular Hbond substituents is 1. The van der Waals surface area contributed by atoms with Gasteiger partial charge in [-0.25, -0.2) is 4.79 Å². The number of hydrogen-bond donors (Lipinski definition) is 3. The maximum absolute atomic E-state index is 13.9. The number of aryl methyl sites for hydroxylation is 1. The van der Waals surface area contributed by atoms with Crippen LogP contribution in [-0.4, -0.2) is 64.7 Å². The molecule has 1 aromatic rings. The van der Waals surface area contributed by atoms with E-state index in [1.165, 1.54) is 4.90 Å². The predicted octanol–water partition coefficient (Wildman–Crippen LogP) is 3.60. The van der Waals surface area contributed by atoms with E-state index in [0.29, 0.717) is 5.56 Å². The number of amides is 3. The van der Waals surface area contributed by atoms with E-state index >= 15 is 0 Å². The molecule has 37 heavy (non-hydrogen) atoms. The van der Waals surface area contributed by atoms with Crippen molar-refractivity contribution in [3.63, 3.8) is 0 Å². The van der Waals surface area contributed by atoms with Crippen molar-refractivity contribution in [3.8, 4) is 5.75 Å². The van der Waals surface area contributed by atoms with Crippen LogP contribution in [0, 0.1) is 12.8 Å². The zero-order valence-corrected chi connectivity index (χ0v) is 23.5. The van der Waals surface area contributed by atoms with Crippen LogP contribution in [0.1, 0.15) is 79.0 Å². The number of carbonyl (C=O) groups is 4. The Morgan fingerprint density at radius 2 is 1.70 bits per heavy atom. The Morgan fingerprint density at radius 3 is 2.22 bits per heavy atom. The molecule has 10 heteroatoms. The van der Waals surface area contributed by atoms with E-state index in [1.807, 2.05) is 0 Å². The van der Waals surface area contributed by atoms with Crippen molar-refractivity contribution in [2.75, 3.05) is 13.2 Å². The van der Waals surface area contributed by atoms with Gasteiger partial charge in [0.1, 0.15) is 23.4 Å². The molecule has 0 aliphatic heterocycles. The molecule has 0 fully saturated rings. The molecule has 0 saturated carbocycles. The number of para-hydroxylation sites is 1. The average Bonchev–Trinajstić information content (AvgIpc) is 2.76. The van der Waals surface area contributed by atoms with Gasteiger partial charge in [0.15, 0.2) is 0 Å². The Balaban J connectivity index is 3.44. The summed E-state index contributed by atoms with van der Waals surface area (Å²) in [6.07, 6.45) is -0.798. The number of nitrogens with one attached hydrogen (secondary N) is 2. The molecule has 0 spiro atoms. The lowest BCUT2D eigenvalue weighted by Crippen LogP contribution is -2.56. The van der Waals surface area contributed by atoms with E-state index in [1.54, 1.807) is 80.5 Å². The molecule has 0 aliphatic carbocycles. The number of aromatic hydroxyl groups is 1. The second kappa shape index (κ2) is 13.9. The third-order valence-electron chi connectivity index (χ3n) is 5.44. The largest absolute Gasteiger partial charge is 0.507 e. The Hall–Kier alpha value is -3.30. The lowest BCUT2D eigenvalue weighted by atomic mass is 9.96. The molecule has 0 bridgehead atoms. The lowest BCUT2D eigenvalue weighted by Gasteiger charge is -2.38. The minimum absolute atomic E-state index is 0.00929. The molecule has 0 saturated heterocycles. The van der Waals surface area contributed by atoms with Crippen LogP contribution in [0.5, 0.6) is 5.75 Å². The van der Waals surface area contributed by atoms with Crippen LogP contribution in [0.3, 0.4) is 0 Å². The van der Waals surface area contributed by atoms with Crippen molar-refractivity contribution in [3.05, 3.63) is 29.3 Å². The molecule has 3 amide bonds. The highest BCUT2D eigenvalue weighted by Gasteiger charge is 2.40. The van der Waals surface area contributed by atoms with Gasteiger partial charge in [0.25, 0.3) is 0 Å². The number of alkyl carbamates (subject to hydrolysis) is 1. The highest BCUT2D eigenvalue weighted by Crippen LogP contribution is 2.33. The number of phenols is 1. The van der Waals surface area contributed by atoms with E-state index in [2.05, 4.69) is 10.6 Å². The fourth-order valence-corrected chi connectivity index (χ4v) is 3.73. The van der Waals surface area contributed by atoms with Gasteiger partial charge in [-0.15, -0.1) is 0 Å². The zero-order chi connectivity index (χ0) is 28.5. The summed E-state index contributed by atoms with van der Waals surface area (Å²) in [7, 11) is 0. The first-order chi connectivity index (χ1) is 17.1. The minimum atomic E-state index is -1.23. The van der Waals surface area contributed by atoms with E-state index in [-0.39, 0.29) is 36.8 Å². The molecule has 1 rings (SSSR count). The van der Waals surface area contributed by atoms with Gasteiger partial charge in [0.05, 0.1) is 13.0 Å². The first-order valence-electron chi connectivity index (χ1n) is 12.6. The van der Waals surface area contributed by atoms with E-state index in [9.17, 15) is 24.3 Å². The number of rotatable bonds is 11. The van der Waals surface area contributed by atoms with Crippen molar-refractivity contribution < 1.29 is 33.8 Å². The maximum Gasteiger partial charge on any atom is 0.408 e. The van der Waals surface area contributed by atoms with Crippen molar-refractivity contribution in [1.82, 2.24) is 15.5 Å². The zero-order valence-electron chi connectivity index (χ0n) is 23.5. The molecular formula is C27H43N3O7. The number of ether oxygens (including phenoxy) is 2. The topological polar surface area (TPSA) is 134 Å². The summed E-state index contributed by atoms with van der Waals surface area (Å²) in [5, 5.41) is 16.2. The van der Waals surface area contributed by atoms with Crippen LogP contribution >= 0.6 is 0 Å². The van der Waals surface area contributed by atoms with Crippen LogP contribution in [0.25, 0.3) is 0 Å². The third-order valence-corrected chi connectivity index (χ3v) is 5.44. The van der Waals surface area contributed by atoms with Crippen molar-refractivity contribution in [2.45, 2.75) is 92.5 Å². The number of esters is 1. The summed E-state index contributed by atoms with van der Waals surface area (Å²) in [6, 6.07) is 2.24. The molecule has 0 radical (unpaired) electrons. The summed E-state index contributed by atoms with van der Waals surface area (Å²) in [5.41, 5.74) is 0.00176. The summed E-state index contributed by atoms with van der Waals surface area (Å²) in [4.78, 5) is 53.1. The molecule has 3 N–H and O–H groups in total. The van der Waals surface area contributed by atoms with E-state index < -0.39 is 47.6 Å². The first kappa shape index (κ1) is 31.7. The van der Waals surface area contributed by atoms with Crippen molar-refractivity contribution >= 4 is 23.9 Å². The SMILES string of the molecule is CCOC(=O)CCNC(=O)C(c1cccc(C)c1O)N(C(=O)C(NC(=O)OC(C)(C)C)C(C)C)C(C)C. The molecule has 1 aromatic carbocycles. The molecular weight excluding hydrogens is 478 g/mol. The maximum atomic E-state index is 13.9. The average molecular weight is 522 g/mol. The smallest absolute Gasteiger partial charge is 0.408 e. The third kappa shape index (κ3) is 9.59. The quantitative estimate of drug-likeness (QED) is 0.379. The molecule has 208 valence electrons. The molecule has 10 nitrogen and oxygen atoms in total. The monoisotopic (exact) mass is 521 g/mol. The Bertz CT molecular complexity index is 954. The standard InChI is InChI=1S/C27H43N3O7/c1-10-36-20(31)14-15-28-24(33)22(19-13-11-12-18(6)23(19)32)30(17(4)5)25(34)21(16(2)3)29-26(35)37-27(7,8)9/h11-13,16-17,21-22,32H,10,14-15H2,1-9H3,(H,28,33)(H,29,35). The van der Waals surface area contributed by atoms with Crippen LogP contribution in [0.2, 0.25) is 0 Å². The fourth-order valence-electron chi connectivity index (χ4n) is 3.73. The normalized spacial score (nSPS) is 13.1. The molecule has 0 aromatic heterocycles. The Kier molecular flexibility index (Phi) is 11.9. The lowest BCUT2D eigenvalue weighted by molar-refractivity contribution is -0.146. The van der Waals surface area contributed by atoms with Gasteiger partial charge in [0, 0.05) is 18.2 Å². The van der Waals surface area contributed by atoms with Crippen LogP contribution in [0.15, 0.2) is 18.2 Å². The molecule has 2 unspecified atom stereocenters. The molecule has 0 aliphatic rings. The number of benzene rings is 1. The highest BCUT2D eigenvalue weighted by atomic mass is 16.6.